The average Bonchev–Trinajstić information content (AvgIpc) is 2.75. The summed E-state index contributed by atoms with van der Waals surface area (Å²) in [4.78, 5) is 31.4. The van der Waals surface area contributed by atoms with Gasteiger partial charge in [0.2, 0.25) is 5.91 Å². The van der Waals surface area contributed by atoms with Gasteiger partial charge in [-0.3, -0.25) is 14.6 Å². The predicted molar refractivity (Wildman–Crippen MR) is 112 cm³/mol. The highest BCUT2D eigenvalue weighted by Crippen LogP contribution is 2.34. The maximum atomic E-state index is 13.9. The highest BCUT2D eigenvalue weighted by atomic mass is 32.2. The van der Waals surface area contributed by atoms with Crippen LogP contribution in [0.4, 0.5) is 4.39 Å². The van der Waals surface area contributed by atoms with Gasteiger partial charge in [-0.2, -0.15) is 0 Å². The van der Waals surface area contributed by atoms with Crippen LogP contribution in [-0.4, -0.2) is 53.2 Å². The number of ether oxygens (including phenoxy) is 1. The molecule has 0 saturated carbocycles. The van der Waals surface area contributed by atoms with Crippen molar-refractivity contribution in [3.05, 3.63) is 53.1 Å². The lowest BCUT2D eigenvalue weighted by atomic mass is 10.0. The van der Waals surface area contributed by atoms with Crippen molar-refractivity contribution in [1.29, 1.82) is 0 Å². The lowest BCUT2D eigenvalue weighted by Gasteiger charge is -2.31. The molecule has 158 valence electrons. The van der Waals surface area contributed by atoms with Crippen molar-refractivity contribution in [1.82, 2.24) is 15.2 Å². The molecule has 4 rings (SSSR count). The quantitative estimate of drug-likeness (QED) is 0.809. The normalized spacial score (nSPS) is 16.5. The number of pyridine rings is 1. The fourth-order valence-corrected chi connectivity index (χ4v) is 4.61. The smallest absolute Gasteiger partial charge is 0.253 e. The second-order valence-corrected chi connectivity index (χ2v) is 8.69. The number of hydrogen-bond acceptors (Lipinski definition) is 5. The summed E-state index contributed by atoms with van der Waals surface area (Å²) in [5.74, 6) is 0.947. The molecule has 30 heavy (non-hydrogen) atoms. The second-order valence-electron chi connectivity index (χ2n) is 7.56. The molecule has 0 atom stereocenters. The van der Waals surface area contributed by atoms with Crippen LogP contribution in [0.1, 0.15) is 41.4 Å². The van der Waals surface area contributed by atoms with Crippen LogP contribution in [0.2, 0.25) is 0 Å². The van der Waals surface area contributed by atoms with Crippen LogP contribution in [-0.2, 0) is 11.2 Å². The number of nitrogens with zero attached hydrogens (tertiary/aromatic N) is 2. The molecular weight excluding hydrogens is 405 g/mol. The number of carbonyl (C=O) groups is 2. The first-order valence-electron chi connectivity index (χ1n) is 10.1. The molecule has 1 aromatic carbocycles. The van der Waals surface area contributed by atoms with Crippen molar-refractivity contribution in [2.24, 2.45) is 0 Å². The van der Waals surface area contributed by atoms with Crippen LogP contribution < -0.4 is 10.1 Å². The Labute approximate surface area is 179 Å². The van der Waals surface area contributed by atoms with Gasteiger partial charge in [0, 0.05) is 43.1 Å². The molecule has 2 aromatic rings. The maximum Gasteiger partial charge on any atom is 0.253 e. The fraction of sp³-hybridized carbons (Fsp3) is 0.409. The van der Waals surface area contributed by atoms with Crippen molar-refractivity contribution in [3.63, 3.8) is 0 Å². The number of amides is 2. The molecular formula is C22H24FN3O3S. The van der Waals surface area contributed by atoms with Crippen molar-refractivity contribution in [2.75, 3.05) is 25.4 Å². The first-order valence-corrected chi connectivity index (χ1v) is 11.1. The zero-order chi connectivity index (χ0) is 21.1. The van der Waals surface area contributed by atoms with E-state index >= 15 is 0 Å². The zero-order valence-electron chi connectivity index (χ0n) is 16.8. The van der Waals surface area contributed by atoms with Crippen LogP contribution in [0.25, 0.3) is 0 Å². The Morgan fingerprint density at radius 3 is 2.87 bits per heavy atom. The molecule has 2 amide bonds. The monoisotopic (exact) mass is 429 g/mol. The Bertz CT molecular complexity index is 961. The third kappa shape index (κ3) is 4.75. The largest absolute Gasteiger partial charge is 0.492 e. The number of halogens is 1. The van der Waals surface area contributed by atoms with Crippen molar-refractivity contribution in [3.8, 4) is 5.75 Å². The molecule has 0 radical (unpaired) electrons. The van der Waals surface area contributed by atoms with Crippen LogP contribution in [0.15, 0.2) is 35.4 Å². The fourth-order valence-electron chi connectivity index (χ4n) is 3.80. The summed E-state index contributed by atoms with van der Waals surface area (Å²) in [5.41, 5.74) is 1.73. The van der Waals surface area contributed by atoms with Gasteiger partial charge in [0.15, 0.2) is 0 Å². The first-order chi connectivity index (χ1) is 14.5. The third-order valence-corrected chi connectivity index (χ3v) is 6.45. The highest BCUT2D eigenvalue weighted by Gasteiger charge is 2.24. The summed E-state index contributed by atoms with van der Waals surface area (Å²) in [5, 5.41) is 2.99. The first kappa shape index (κ1) is 20.7. The van der Waals surface area contributed by atoms with Gasteiger partial charge in [-0.25, -0.2) is 4.39 Å². The predicted octanol–water partition coefficient (Wildman–Crippen LogP) is 3.04. The molecule has 1 fully saturated rings. The summed E-state index contributed by atoms with van der Waals surface area (Å²) in [6, 6.07) is 7.17. The number of hydrogen-bond donors (Lipinski definition) is 1. The Morgan fingerprint density at radius 1 is 1.30 bits per heavy atom. The van der Waals surface area contributed by atoms with Gasteiger partial charge in [0.25, 0.3) is 5.91 Å². The lowest BCUT2D eigenvalue weighted by Crippen LogP contribution is -2.46. The summed E-state index contributed by atoms with van der Waals surface area (Å²) >= 11 is 1.76. The van der Waals surface area contributed by atoms with E-state index in [0.717, 1.165) is 28.2 Å². The number of carbonyl (C=O) groups excluding carboxylic acids is 2. The molecule has 0 aliphatic carbocycles. The molecule has 0 unspecified atom stereocenters. The number of rotatable bonds is 4. The molecule has 8 heteroatoms. The number of likely N-dealkylation sites (tertiary alicyclic amines) is 1. The van der Waals surface area contributed by atoms with Crippen LogP contribution in [0.3, 0.4) is 0 Å². The van der Waals surface area contributed by atoms with Gasteiger partial charge in [-0.15, -0.1) is 11.8 Å². The molecule has 6 nitrogen and oxygen atoms in total. The molecule has 2 aliphatic rings. The Kier molecular flexibility index (Phi) is 6.22. The van der Waals surface area contributed by atoms with E-state index in [-0.39, 0.29) is 23.4 Å². The maximum absolute atomic E-state index is 13.9. The van der Waals surface area contributed by atoms with E-state index in [4.69, 9.17) is 4.74 Å². The minimum atomic E-state index is -0.541. The lowest BCUT2D eigenvalue weighted by molar-refractivity contribution is -0.129. The van der Waals surface area contributed by atoms with Gasteiger partial charge in [-0.05, 0) is 36.6 Å². The minimum Gasteiger partial charge on any atom is -0.492 e. The molecule has 2 aliphatic heterocycles. The highest BCUT2D eigenvalue weighted by molar-refractivity contribution is 7.99. The minimum absolute atomic E-state index is 0.0432. The van der Waals surface area contributed by atoms with Crippen molar-refractivity contribution in [2.45, 2.75) is 37.1 Å². The van der Waals surface area contributed by atoms with E-state index in [9.17, 15) is 14.0 Å². The summed E-state index contributed by atoms with van der Waals surface area (Å²) in [7, 11) is 0. The number of nitrogens with one attached hydrogen (secondary N) is 1. The standard InChI is InChI=1S/C22H24FN3O3S/c1-14(27)26-6-4-17(5-7-26)25-22(28)18-12-16(23)13-24-19(18)10-15-2-3-21-20(11-15)29-8-9-30-21/h2-3,11-13,17H,4-10H2,1H3,(H,25,28). The second kappa shape index (κ2) is 9.04. The molecule has 0 bridgehead atoms. The van der Waals surface area contributed by atoms with E-state index < -0.39 is 5.82 Å². The van der Waals surface area contributed by atoms with Gasteiger partial charge < -0.3 is 15.0 Å². The third-order valence-electron chi connectivity index (χ3n) is 5.44. The summed E-state index contributed by atoms with van der Waals surface area (Å²) in [6.45, 7) is 3.45. The number of fused-ring (bicyclic) bond motifs is 1. The van der Waals surface area contributed by atoms with Gasteiger partial charge in [0.1, 0.15) is 11.6 Å². The van der Waals surface area contributed by atoms with E-state index in [1.54, 1.807) is 23.6 Å². The summed E-state index contributed by atoms with van der Waals surface area (Å²) < 4.78 is 19.6. The van der Waals surface area contributed by atoms with E-state index in [0.29, 0.717) is 44.7 Å². The van der Waals surface area contributed by atoms with E-state index in [1.165, 1.54) is 6.07 Å². The zero-order valence-corrected chi connectivity index (χ0v) is 17.6. The van der Waals surface area contributed by atoms with Crippen LogP contribution in [0, 0.1) is 5.82 Å². The number of benzene rings is 1. The Morgan fingerprint density at radius 2 is 2.10 bits per heavy atom. The van der Waals surface area contributed by atoms with Gasteiger partial charge in [-0.1, -0.05) is 6.07 Å². The number of piperidine rings is 1. The number of aromatic nitrogens is 1. The van der Waals surface area contributed by atoms with Gasteiger partial charge in [0.05, 0.1) is 24.1 Å². The molecule has 1 N–H and O–H groups in total. The SMILES string of the molecule is CC(=O)N1CCC(NC(=O)c2cc(F)cnc2Cc2ccc3c(c2)OCCS3)CC1. The molecule has 0 spiro atoms. The van der Waals surface area contributed by atoms with Crippen molar-refractivity contribution >= 4 is 23.6 Å². The molecule has 3 heterocycles. The van der Waals surface area contributed by atoms with E-state index in [2.05, 4.69) is 10.3 Å². The molecule has 1 saturated heterocycles. The van der Waals surface area contributed by atoms with E-state index in [1.807, 2.05) is 18.2 Å². The Hall–Kier alpha value is -2.61. The average molecular weight is 430 g/mol. The van der Waals surface area contributed by atoms with Crippen LogP contribution >= 0.6 is 11.8 Å². The summed E-state index contributed by atoms with van der Waals surface area (Å²) in [6.07, 6.45) is 2.92. The van der Waals surface area contributed by atoms with Crippen LogP contribution in [0.5, 0.6) is 5.75 Å². The topological polar surface area (TPSA) is 71.5 Å². The number of thioether (sulfide) groups is 1. The Balaban J connectivity index is 1.48. The molecule has 1 aromatic heterocycles. The van der Waals surface area contributed by atoms with Gasteiger partial charge >= 0.3 is 0 Å². The van der Waals surface area contributed by atoms with Crippen molar-refractivity contribution < 1.29 is 18.7 Å².